The number of nitriles is 2. The number of carbonyl (C=O) groups is 4. The van der Waals surface area contributed by atoms with Crippen LogP contribution in [0.5, 0.6) is 6.01 Å². The largest absolute Gasteiger partial charge is 0.479 e. The van der Waals surface area contributed by atoms with Crippen LogP contribution in [0.2, 0.25) is 0 Å². The molecule has 9 N–H and O–H groups in total. The Morgan fingerprint density at radius 2 is 0.921 bits per heavy atom. The van der Waals surface area contributed by atoms with Gasteiger partial charge in [0.1, 0.15) is 23.3 Å². The normalized spacial score (nSPS) is 11.2. The SMILES string of the molecule is Cc1nn(-c2nc(O)nc(-n3nc(C)c(N=Nc4c(C#N)cnn4-c4cc(C(=O)O)cc(C(=O)O)c4)c3N)n2)c(N)c1N=Nc1c(C#N)cnn1-c1cc(C(=O)O)cc(C(=O)O)c1. The van der Waals surface area contributed by atoms with Crippen LogP contribution in [0.25, 0.3) is 23.3 Å². The highest BCUT2D eigenvalue weighted by Crippen LogP contribution is 2.34. The number of nitrogens with two attached hydrogens (primary N) is 2. The van der Waals surface area contributed by atoms with Crippen molar-refractivity contribution in [3.05, 3.63) is 93.6 Å². The topological polar surface area (TPSA) is 428 Å². The van der Waals surface area contributed by atoms with Crippen molar-refractivity contribution >= 4 is 58.5 Å². The van der Waals surface area contributed by atoms with Gasteiger partial charge >= 0.3 is 29.9 Å². The Balaban J connectivity index is 1.23. The molecule has 7 aromatic rings. The Hall–Kier alpha value is -10.3. The number of aromatic hydroxyl groups is 1. The van der Waals surface area contributed by atoms with E-state index < -0.39 is 29.9 Å². The number of anilines is 2. The second-order valence-corrected chi connectivity index (χ2v) is 12.7. The van der Waals surface area contributed by atoms with E-state index in [0.29, 0.717) is 0 Å². The van der Waals surface area contributed by atoms with E-state index in [1.54, 1.807) is 0 Å². The van der Waals surface area contributed by atoms with Crippen molar-refractivity contribution in [1.82, 2.24) is 54.1 Å². The van der Waals surface area contributed by atoms with Gasteiger partial charge in [-0.1, -0.05) is 0 Å². The van der Waals surface area contributed by atoms with Crippen LogP contribution >= 0.6 is 0 Å². The molecule has 0 radical (unpaired) electrons. The van der Waals surface area contributed by atoms with Crippen LogP contribution in [-0.2, 0) is 0 Å². The summed E-state index contributed by atoms with van der Waals surface area (Å²) in [7, 11) is 0. The van der Waals surface area contributed by atoms with Crippen molar-refractivity contribution in [2.75, 3.05) is 11.5 Å². The molecule has 63 heavy (non-hydrogen) atoms. The zero-order valence-corrected chi connectivity index (χ0v) is 31.7. The molecule has 0 saturated heterocycles. The smallest absolute Gasteiger partial charge is 0.335 e. The lowest BCUT2D eigenvalue weighted by molar-refractivity contribution is 0.0676. The third-order valence-electron chi connectivity index (χ3n) is 8.64. The number of nitrogen functional groups attached to an aromatic ring is 2. The lowest BCUT2D eigenvalue weighted by Crippen LogP contribution is -2.13. The summed E-state index contributed by atoms with van der Waals surface area (Å²) < 4.78 is 3.93. The van der Waals surface area contributed by atoms with Gasteiger partial charge in [0, 0.05) is 0 Å². The number of aromatic carboxylic acids is 4. The van der Waals surface area contributed by atoms with Gasteiger partial charge in [0.15, 0.2) is 34.6 Å². The van der Waals surface area contributed by atoms with Crippen molar-refractivity contribution in [2.45, 2.75) is 13.8 Å². The maximum absolute atomic E-state index is 11.7. The first-order valence-electron chi connectivity index (χ1n) is 17.2. The van der Waals surface area contributed by atoms with Crippen LogP contribution in [0.1, 0.15) is 63.9 Å². The summed E-state index contributed by atoms with van der Waals surface area (Å²) in [6.45, 7) is 2.95. The first-order chi connectivity index (χ1) is 30.0. The van der Waals surface area contributed by atoms with Crippen molar-refractivity contribution in [1.29, 1.82) is 10.5 Å². The molecule has 0 aliphatic heterocycles. The minimum absolute atomic E-state index is 0.0630. The number of carboxylic acid groups (broad SMARTS) is 4. The van der Waals surface area contributed by atoms with E-state index in [2.05, 4.69) is 55.8 Å². The third-order valence-corrected chi connectivity index (χ3v) is 8.64. The molecule has 2 aromatic carbocycles. The first-order valence-corrected chi connectivity index (χ1v) is 17.2. The van der Waals surface area contributed by atoms with Gasteiger partial charge in [-0.2, -0.15) is 55.2 Å². The molecular weight excluding hydrogens is 831 g/mol. The molecule has 0 atom stereocenters. The van der Waals surface area contributed by atoms with E-state index >= 15 is 0 Å². The van der Waals surface area contributed by atoms with E-state index in [-0.39, 0.29) is 103 Å². The molecular formula is C35H23N19O9. The summed E-state index contributed by atoms with van der Waals surface area (Å²) in [4.78, 5) is 59.0. The number of aryl methyl sites for hydroxylation is 2. The molecule has 0 aliphatic carbocycles. The quantitative estimate of drug-likeness (QED) is 0.0865. The highest BCUT2D eigenvalue weighted by molar-refractivity contribution is 5.95. The highest BCUT2D eigenvalue weighted by atomic mass is 16.4. The van der Waals surface area contributed by atoms with E-state index in [9.17, 15) is 55.2 Å². The Labute approximate surface area is 348 Å². The van der Waals surface area contributed by atoms with Crippen molar-refractivity contribution in [2.24, 2.45) is 20.5 Å². The van der Waals surface area contributed by atoms with E-state index in [0.717, 1.165) is 67.5 Å². The fourth-order valence-corrected chi connectivity index (χ4v) is 5.73. The summed E-state index contributed by atoms with van der Waals surface area (Å²) in [5.41, 5.74) is 11.0. The number of nitrogens with zero attached hydrogens (tertiary/aromatic N) is 17. The van der Waals surface area contributed by atoms with Gasteiger partial charge in [-0.25, -0.2) is 28.5 Å². The van der Waals surface area contributed by atoms with Crippen LogP contribution in [0, 0.1) is 36.5 Å². The van der Waals surface area contributed by atoms with Gasteiger partial charge in [-0.3, -0.25) is 0 Å². The molecule has 0 amide bonds. The average Bonchev–Trinajstić information content (AvgIpc) is 4.01. The maximum atomic E-state index is 11.7. The van der Waals surface area contributed by atoms with Crippen molar-refractivity contribution < 1.29 is 44.7 Å². The predicted molar refractivity (Wildman–Crippen MR) is 207 cm³/mol. The number of carboxylic acids is 4. The minimum Gasteiger partial charge on any atom is -0.479 e. The highest BCUT2D eigenvalue weighted by Gasteiger charge is 2.24. The third kappa shape index (κ3) is 7.61. The molecule has 0 spiro atoms. The Morgan fingerprint density at radius 1 is 0.571 bits per heavy atom. The Kier molecular flexibility index (Phi) is 10.3. The number of azo groups is 2. The minimum atomic E-state index is -1.42. The molecule has 7 rings (SSSR count). The molecule has 0 aliphatic rings. The molecule has 28 nitrogen and oxygen atoms in total. The molecule has 0 bridgehead atoms. The molecule has 5 heterocycles. The van der Waals surface area contributed by atoms with Crippen LogP contribution in [0.4, 0.5) is 34.6 Å². The zero-order valence-electron chi connectivity index (χ0n) is 31.7. The molecule has 312 valence electrons. The second-order valence-electron chi connectivity index (χ2n) is 12.7. The lowest BCUT2D eigenvalue weighted by atomic mass is 10.1. The van der Waals surface area contributed by atoms with Gasteiger partial charge in [-0.15, -0.1) is 20.5 Å². The second kappa shape index (κ2) is 15.8. The van der Waals surface area contributed by atoms with Gasteiger partial charge < -0.3 is 37.0 Å². The molecule has 0 fully saturated rings. The summed E-state index contributed by atoms with van der Waals surface area (Å²) in [6.07, 6.45) is 2.21. The monoisotopic (exact) mass is 853 g/mol. The maximum Gasteiger partial charge on any atom is 0.335 e. The standard InChI is InChI=1S/C35H23N19O9/c1-13-23(45-47-27-19(9-36)11-40-51(27)21-5-15(29(55)56)3-16(6-21)30(57)58)25(38)53(49-13)33-42-34(44-35(63)43-33)54-26(39)24(14(2)50-54)46-48-28-20(10-37)12-41-52(28)22-7-17(31(59)60)4-18(8-22)32(61)62/h3-8,11-12H,38-39H2,1-2H3,(H,55,56)(H,57,58)(H,59,60)(H,61,62)(H,42,43,44,63). The van der Waals surface area contributed by atoms with Gasteiger partial charge in [0.05, 0.1) is 57.4 Å². The average molecular weight is 854 g/mol. The molecule has 5 aromatic heterocycles. The summed E-state index contributed by atoms with van der Waals surface area (Å²) in [5, 5.41) is 101. The summed E-state index contributed by atoms with van der Waals surface area (Å²) >= 11 is 0. The van der Waals surface area contributed by atoms with E-state index in [4.69, 9.17) is 11.5 Å². The van der Waals surface area contributed by atoms with Crippen LogP contribution in [0.15, 0.2) is 69.2 Å². The first kappa shape index (κ1) is 40.9. The van der Waals surface area contributed by atoms with Crippen LogP contribution < -0.4 is 11.5 Å². The van der Waals surface area contributed by atoms with Crippen LogP contribution in [0.3, 0.4) is 0 Å². The Morgan fingerprint density at radius 3 is 1.24 bits per heavy atom. The van der Waals surface area contributed by atoms with Gasteiger partial charge in [0.2, 0.25) is 0 Å². The van der Waals surface area contributed by atoms with E-state index in [1.807, 2.05) is 12.1 Å². The molecule has 0 saturated carbocycles. The van der Waals surface area contributed by atoms with Gasteiger partial charge in [0.25, 0.3) is 11.9 Å². The lowest BCUT2D eigenvalue weighted by Gasteiger charge is -2.07. The van der Waals surface area contributed by atoms with Gasteiger partial charge in [-0.05, 0) is 50.2 Å². The molecule has 0 unspecified atom stereocenters. The van der Waals surface area contributed by atoms with E-state index in [1.165, 1.54) is 13.8 Å². The zero-order chi connectivity index (χ0) is 45.4. The van der Waals surface area contributed by atoms with Crippen molar-refractivity contribution in [3.8, 4) is 41.4 Å². The Bertz CT molecular complexity index is 2980. The fraction of sp³-hybridized carbons (Fsp3) is 0.0571. The summed E-state index contributed by atoms with van der Waals surface area (Å²) in [5.74, 6) is -7.39. The molecule has 28 heteroatoms. The number of aromatic nitrogens is 11. The predicted octanol–water partition coefficient (Wildman–Crippen LogP) is 3.47. The fourth-order valence-electron chi connectivity index (χ4n) is 5.73. The number of rotatable bonds is 12. The number of hydrogen-bond acceptors (Lipinski definition) is 20. The number of hydrogen-bond donors (Lipinski definition) is 7. The van der Waals surface area contributed by atoms with Crippen LogP contribution in [-0.4, -0.2) is 103 Å². The summed E-state index contributed by atoms with van der Waals surface area (Å²) in [6, 6.07) is 9.27. The van der Waals surface area contributed by atoms with Crippen molar-refractivity contribution in [3.63, 3.8) is 0 Å². The number of benzene rings is 2.